The Morgan fingerprint density at radius 3 is 2.82 bits per heavy atom. The maximum Gasteiger partial charge on any atom is 0.343 e. The predicted molar refractivity (Wildman–Crippen MR) is 133 cm³/mol. The zero-order valence-corrected chi connectivity index (χ0v) is 20.9. The molecule has 0 unspecified atom stereocenters. The number of nitrogens with one attached hydrogen (secondary N) is 1. The Morgan fingerprint density at radius 1 is 1.34 bits per heavy atom. The van der Waals surface area contributed by atoms with Crippen molar-refractivity contribution in [2.24, 2.45) is 5.73 Å². The largest absolute Gasteiger partial charge is 0.458 e. The van der Waals surface area contributed by atoms with Crippen LogP contribution >= 0.6 is 0 Å². The summed E-state index contributed by atoms with van der Waals surface area (Å²) >= 11 is 0. The van der Waals surface area contributed by atoms with Crippen molar-refractivity contribution in [2.45, 2.75) is 63.9 Å². The normalized spacial score (nSPS) is 21.9. The molecule has 2 aliphatic heterocycles. The molecule has 2 aromatic heterocycles. The zero-order valence-electron chi connectivity index (χ0n) is 20.9. The van der Waals surface area contributed by atoms with E-state index in [0.717, 1.165) is 16.5 Å². The number of rotatable bonds is 4. The average Bonchev–Trinajstić information content (AvgIpc) is 3.28. The van der Waals surface area contributed by atoms with Crippen LogP contribution in [0.25, 0.3) is 22.3 Å². The molecule has 0 fully saturated rings. The van der Waals surface area contributed by atoms with Gasteiger partial charge in [0.05, 0.1) is 41.7 Å². The predicted octanol–water partition coefficient (Wildman–Crippen LogP) is 0.950. The number of nitrogens with zero attached hydrogens (tertiary/aromatic N) is 2. The second-order valence-corrected chi connectivity index (χ2v) is 10.2. The van der Waals surface area contributed by atoms with Crippen molar-refractivity contribution < 1.29 is 28.9 Å². The smallest absolute Gasteiger partial charge is 0.343 e. The minimum absolute atomic E-state index is 0.0120. The number of benzene rings is 1. The number of amides is 1. The Labute approximate surface area is 216 Å². The SMILES string of the molecule is CC[C@@]1(O)C(=O)OCc2c1cc1n(c2=O)Cc2c-1nc1cc(F)c(C)c3c1c2[C@@H](NC(=O)[C@@H](N)CO)CC3. The van der Waals surface area contributed by atoms with Crippen LogP contribution in [0.1, 0.15) is 59.2 Å². The lowest BCUT2D eigenvalue weighted by atomic mass is 9.81. The molecule has 1 amide bonds. The summed E-state index contributed by atoms with van der Waals surface area (Å²) in [6.07, 6.45) is 0.974. The molecule has 0 saturated heterocycles. The number of carbonyl (C=O) groups is 2. The first-order valence-corrected chi connectivity index (χ1v) is 12.6. The number of aromatic nitrogens is 2. The minimum Gasteiger partial charge on any atom is -0.458 e. The molecule has 0 saturated carbocycles. The van der Waals surface area contributed by atoms with Gasteiger partial charge < -0.3 is 30.6 Å². The highest BCUT2D eigenvalue weighted by atomic mass is 19.1. The van der Waals surface area contributed by atoms with Crippen LogP contribution < -0.4 is 16.6 Å². The highest BCUT2D eigenvalue weighted by Crippen LogP contribution is 2.45. The fraction of sp³-hybridized carbons (Fsp3) is 0.407. The molecule has 3 atom stereocenters. The molecule has 38 heavy (non-hydrogen) atoms. The van der Waals surface area contributed by atoms with Gasteiger partial charge in [0.15, 0.2) is 5.60 Å². The van der Waals surface area contributed by atoms with Gasteiger partial charge in [0.1, 0.15) is 18.5 Å². The van der Waals surface area contributed by atoms with E-state index >= 15 is 0 Å². The van der Waals surface area contributed by atoms with Crippen LogP contribution in [0.2, 0.25) is 0 Å². The van der Waals surface area contributed by atoms with E-state index in [-0.39, 0.29) is 30.7 Å². The number of aliphatic hydroxyl groups excluding tert-OH is 1. The Hall–Kier alpha value is -3.67. The number of fused-ring (bicyclic) bond motifs is 5. The van der Waals surface area contributed by atoms with Gasteiger partial charge in [-0.15, -0.1) is 0 Å². The standard InChI is InChI=1S/C27H27FN4O6/c1-3-27(37)15-6-20-23-13(8-32(20)25(35)14(15)10-38-26(27)36)22-18(31-24(34)17(29)9-33)5-4-12-11(2)16(28)7-19(30-23)21(12)22/h6-7,17-18,33,37H,3-5,8-10,29H2,1-2H3,(H,31,34)/t17-,18-,27-/m0/s1. The molecule has 3 aliphatic rings. The summed E-state index contributed by atoms with van der Waals surface area (Å²) in [6, 6.07) is 1.34. The third-order valence-corrected chi connectivity index (χ3v) is 8.23. The fourth-order valence-electron chi connectivity index (χ4n) is 6.06. The highest BCUT2D eigenvalue weighted by Gasteiger charge is 2.46. The summed E-state index contributed by atoms with van der Waals surface area (Å²) in [7, 11) is 0. The molecule has 6 rings (SSSR count). The van der Waals surface area contributed by atoms with Gasteiger partial charge in [-0.3, -0.25) is 9.59 Å². The molecule has 0 spiro atoms. The summed E-state index contributed by atoms with van der Waals surface area (Å²) in [6.45, 7) is 2.71. The van der Waals surface area contributed by atoms with Crippen molar-refractivity contribution in [2.75, 3.05) is 6.61 Å². The first-order chi connectivity index (χ1) is 18.1. The van der Waals surface area contributed by atoms with Crippen molar-refractivity contribution in [1.82, 2.24) is 14.9 Å². The molecule has 5 N–H and O–H groups in total. The lowest BCUT2D eigenvalue weighted by molar-refractivity contribution is -0.172. The monoisotopic (exact) mass is 522 g/mol. The van der Waals surface area contributed by atoms with Crippen molar-refractivity contribution in [3.8, 4) is 11.4 Å². The quantitative estimate of drug-likeness (QED) is 0.289. The Balaban J connectivity index is 1.63. The van der Waals surface area contributed by atoms with Crippen LogP contribution in [0.15, 0.2) is 16.9 Å². The number of pyridine rings is 2. The number of hydrogen-bond donors (Lipinski definition) is 4. The number of esters is 1. The number of aliphatic hydroxyl groups is 2. The van der Waals surface area contributed by atoms with Crippen molar-refractivity contribution in [3.05, 3.63) is 61.7 Å². The van der Waals surface area contributed by atoms with Gasteiger partial charge in [-0.25, -0.2) is 14.2 Å². The third-order valence-electron chi connectivity index (χ3n) is 8.23. The second-order valence-electron chi connectivity index (χ2n) is 10.2. The maximum atomic E-state index is 14.9. The summed E-state index contributed by atoms with van der Waals surface area (Å²) in [5.41, 5.74) is 7.69. The maximum absolute atomic E-state index is 14.9. The average molecular weight is 523 g/mol. The van der Waals surface area contributed by atoms with Crippen molar-refractivity contribution in [1.29, 1.82) is 0 Å². The van der Waals surface area contributed by atoms with Crippen molar-refractivity contribution in [3.63, 3.8) is 0 Å². The number of halogens is 1. The molecule has 0 radical (unpaired) electrons. The molecule has 10 nitrogen and oxygen atoms in total. The second kappa shape index (κ2) is 8.42. The number of hydrogen-bond acceptors (Lipinski definition) is 8. The van der Waals surface area contributed by atoms with E-state index in [9.17, 15) is 29.0 Å². The van der Waals surface area contributed by atoms with Gasteiger partial charge in [0.2, 0.25) is 5.91 Å². The topological polar surface area (TPSA) is 157 Å². The lowest BCUT2D eigenvalue weighted by Gasteiger charge is -2.31. The molecule has 198 valence electrons. The molecule has 0 bridgehead atoms. The van der Waals surface area contributed by atoms with E-state index in [4.69, 9.17) is 15.5 Å². The third kappa shape index (κ3) is 3.22. The Bertz CT molecular complexity index is 1630. The van der Waals surface area contributed by atoms with E-state index in [0.29, 0.717) is 40.9 Å². The number of cyclic esters (lactones) is 1. The van der Waals surface area contributed by atoms with Crippen molar-refractivity contribution >= 4 is 22.8 Å². The van der Waals surface area contributed by atoms with Crippen LogP contribution in [0.3, 0.4) is 0 Å². The van der Waals surface area contributed by atoms with E-state index in [2.05, 4.69) is 5.32 Å². The lowest BCUT2D eigenvalue weighted by Crippen LogP contribution is -2.45. The number of aryl methyl sites for hydroxylation is 1. The van der Waals surface area contributed by atoms with E-state index < -0.39 is 47.5 Å². The number of ether oxygens (including phenoxy) is 1. The van der Waals surface area contributed by atoms with E-state index in [1.54, 1.807) is 19.9 Å². The van der Waals surface area contributed by atoms with Gasteiger partial charge in [0, 0.05) is 22.6 Å². The summed E-state index contributed by atoms with van der Waals surface area (Å²) in [5.74, 6) is -1.74. The fourth-order valence-corrected chi connectivity index (χ4v) is 6.06. The molecular weight excluding hydrogens is 495 g/mol. The Kier molecular flexibility index (Phi) is 5.46. The van der Waals surface area contributed by atoms with Crippen LogP contribution in [0.4, 0.5) is 4.39 Å². The number of carbonyl (C=O) groups excluding carboxylic acids is 2. The molecule has 11 heteroatoms. The molecule has 1 aliphatic carbocycles. The van der Waals surface area contributed by atoms with E-state index in [1.807, 2.05) is 0 Å². The van der Waals surface area contributed by atoms with Crippen LogP contribution in [0, 0.1) is 12.7 Å². The summed E-state index contributed by atoms with van der Waals surface area (Å²) in [5, 5.41) is 24.2. The van der Waals surface area contributed by atoms with Gasteiger partial charge in [0.25, 0.3) is 5.56 Å². The molecule has 4 heterocycles. The molecular formula is C27H27FN4O6. The number of nitrogens with two attached hydrogens (primary N) is 1. The Morgan fingerprint density at radius 2 is 2.11 bits per heavy atom. The zero-order chi connectivity index (χ0) is 27.1. The first-order valence-electron chi connectivity index (χ1n) is 12.6. The summed E-state index contributed by atoms with van der Waals surface area (Å²) in [4.78, 5) is 43.5. The highest BCUT2D eigenvalue weighted by molar-refractivity contribution is 5.94. The van der Waals surface area contributed by atoms with E-state index in [1.165, 1.54) is 10.6 Å². The summed E-state index contributed by atoms with van der Waals surface area (Å²) < 4.78 is 21.6. The van der Waals surface area contributed by atoms with Crippen LogP contribution in [-0.4, -0.2) is 44.3 Å². The van der Waals surface area contributed by atoms with Gasteiger partial charge in [-0.2, -0.15) is 0 Å². The van der Waals surface area contributed by atoms with Gasteiger partial charge >= 0.3 is 5.97 Å². The first kappa shape index (κ1) is 24.7. The van der Waals surface area contributed by atoms with Crippen LogP contribution in [0.5, 0.6) is 0 Å². The van der Waals surface area contributed by atoms with Gasteiger partial charge in [-0.1, -0.05) is 6.92 Å². The molecule has 1 aromatic carbocycles. The van der Waals surface area contributed by atoms with Gasteiger partial charge in [-0.05, 0) is 48.9 Å². The molecule has 3 aromatic rings. The minimum atomic E-state index is -1.97. The van der Waals surface area contributed by atoms with Crippen LogP contribution in [-0.2, 0) is 39.5 Å².